The van der Waals surface area contributed by atoms with Crippen LogP contribution >= 0.6 is 11.3 Å². The van der Waals surface area contributed by atoms with E-state index in [2.05, 4.69) is 15.6 Å². The highest BCUT2D eigenvalue weighted by Crippen LogP contribution is 2.20. The van der Waals surface area contributed by atoms with Crippen molar-refractivity contribution in [3.63, 3.8) is 0 Å². The number of benzene rings is 1. The fourth-order valence-corrected chi connectivity index (χ4v) is 3.11. The molecule has 2 heterocycles. The van der Waals surface area contributed by atoms with Gasteiger partial charge in [0.05, 0.1) is 6.54 Å². The van der Waals surface area contributed by atoms with Crippen molar-refractivity contribution in [1.82, 2.24) is 20.2 Å². The molecule has 0 radical (unpaired) electrons. The Hall–Kier alpha value is -3.00. The van der Waals surface area contributed by atoms with Crippen molar-refractivity contribution >= 4 is 23.2 Å². The van der Waals surface area contributed by atoms with Crippen molar-refractivity contribution in [1.29, 1.82) is 0 Å². The summed E-state index contributed by atoms with van der Waals surface area (Å²) in [6, 6.07) is 6.98. The normalized spacial score (nSPS) is 11.8. The van der Waals surface area contributed by atoms with E-state index >= 15 is 0 Å². The molecular formula is C18H17FN4O2S. The number of hydrogen-bond donors (Lipinski definition) is 2. The van der Waals surface area contributed by atoms with Gasteiger partial charge in [0.25, 0.3) is 5.91 Å². The first kappa shape index (κ1) is 17.8. The Morgan fingerprint density at radius 3 is 2.65 bits per heavy atom. The first-order valence-corrected chi connectivity index (χ1v) is 8.81. The Bertz CT molecular complexity index is 890. The quantitative estimate of drug-likeness (QED) is 0.697. The summed E-state index contributed by atoms with van der Waals surface area (Å²) < 4.78 is 15.0. The van der Waals surface area contributed by atoms with Crippen molar-refractivity contribution < 1.29 is 14.0 Å². The van der Waals surface area contributed by atoms with Gasteiger partial charge in [0.2, 0.25) is 5.91 Å². The van der Waals surface area contributed by atoms with Gasteiger partial charge in [0.15, 0.2) is 0 Å². The summed E-state index contributed by atoms with van der Waals surface area (Å²) in [5.41, 5.74) is 1.21. The Balaban J connectivity index is 1.71. The lowest BCUT2D eigenvalue weighted by atomic mass is 10.1. The topological polar surface area (TPSA) is 76.0 Å². The number of carbonyl (C=O) groups is 2. The molecule has 1 aromatic carbocycles. The summed E-state index contributed by atoms with van der Waals surface area (Å²) in [6.07, 6.45) is 3.38. The number of amides is 2. The Kier molecular flexibility index (Phi) is 5.43. The van der Waals surface area contributed by atoms with Gasteiger partial charge in [-0.2, -0.15) is 11.3 Å². The van der Waals surface area contributed by atoms with Crippen molar-refractivity contribution in [3.8, 4) is 0 Å². The average molecular weight is 372 g/mol. The zero-order chi connectivity index (χ0) is 18.5. The summed E-state index contributed by atoms with van der Waals surface area (Å²) in [4.78, 5) is 28.6. The maximum Gasteiger partial charge on any atom is 0.252 e. The summed E-state index contributed by atoms with van der Waals surface area (Å²) in [5, 5.41) is 8.92. The molecule has 0 fully saturated rings. The Morgan fingerprint density at radius 1 is 1.27 bits per heavy atom. The molecule has 0 bridgehead atoms. The highest BCUT2D eigenvalue weighted by Gasteiger charge is 2.21. The van der Waals surface area contributed by atoms with E-state index in [1.807, 2.05) is 7.05 Å². The molecule has 0 aliphatic heterocycles. The van der Waals surface area contributed by atoms with Crippen LogP contribution in [0.3, 0.4) is 0 Å². The van der Waals surface area contributed by atoms with E-state index in [4.69, 9.17) is 0 Å². The molecule has 8 heteroatoms. The number of halogens is 1. The highest BCUT2D eigenvalue weighted by molar-refractivity contribution is 7.08. The molecule has 3 rings (SSSR count). The van der Waals surface area contributed by atoms with Crippen LogP contribution < -0.4 is 10.6 Å². The lowest BCUT2D eigenvalue weighted by molar-refractivity contribution is -0.120. The van der Waals surface area contributed by atoms with Crippen LogP contribution in [0.2, 0.25) is 0 Å². The largest absolute Gasteiger partial charge is 0.343 e. The van der Waals surface area contributed by atoms with E-state index in [0.717, 1.165) is 0 Å². The smallest absolute Gasteiger partial charge is 0.252 e. The van der Waals surface area contributed by atoms with Crippen LogP contribution in [0.4, 0.5) is 4.39 Å². The minimum atomic E-state index is -0.554. The first-order chi connectivity index (χ1) is 12.5. The van der Waals surface area contributed by atoms with Crippen molar-refractivity contribution in [2.75, 3.05) is 6.54 Å². The van der Waals surface area contributed by atoms with Gasteiger partial charge in [-0.1, -0.05) is 12.1 Å². The summed E-state index contributed by atoms with van der Waals surface area (Å²) >= 11 is 1.41. The summed E-state index contributed by atoms with van der Waals surface area (Å²) in [5.74, 6) is -0.432. The van der Waals surface area contributed by atoms with E-state index in [1.165, 1.54) is 23.5 Å². The van der Waals surface area contributed by atoms with Gasteiger partial charge in [-0.05, 0) is 29.1 Å². The predicted molar refractivity (Wildman–Crippen MR) is 96.2 cm³/mol. The van der Waals surface area contributed by atoms with E-state index in [-0.39, 0.29) is 24.2 Å². The van der Waals surface area contributed by atoms with Crippen molar-refractivity contribution in [2.45, 2.75) is 6.04 Å². The fourth-order valence-electron chi connectivity index (χ4n) is 2.48. The van der Waals surface area contributed by atoms with Crippen LogP contribution in [-0.4, -0.2) is 27.9 Å². The van der Waals surface area contributed by atoms with Gasteiger partial charge >= 0.3 is 0 Å². The molecule has 0 saturated carbocycles. The summed E-state index contributed by atoms with van der Waals surface area (Å²) in [6.45, 7) is -0.170. The SMILES string of the molecule is Cn1ccnc1C(NC(=O)CNC(=O)c1ccsc1)c1ccc(F)cc1. The fraction of sp³-hybridized carbons (Fsp3) is 0.167. The zero-order valence-corrected chi connectivity index (χ0v) is 14.8. The van der Waals surface area contributed by atoms with Gasteiger partial charge in [0, 0.05) is 30.4 Å². The molecule has 1 atom stereocenters. The second-order valence-corrected chi connectivity index (χ2v) is 6.42. The van der Waals surface area contributed by atoms with Crippen LogP contribution in [0, 0.1) is 5.82 Å². The number of thiophene rings is 1. The van der Waals surface area contributed by atoms with E-state index in [0.29, 0.717) is 17.0 Å². The van der Waals surface area contributed by atoms with E-state index in [9.17, 15) is 14.0 Å². The van der Waals surface area contributed by atoms with Crippen molar-refractivity contribution in [3.05, 3.63) is 76.3 Å². The first-order valence-electron chi connectivity index (χ1n) is 7.87. The third-order valence-corrected chi connectivity index (χ3v) is 4.50. The zero-order valence-electron chi connectivity index (χ0n) is 14.0. The molecule has 26 heavy (non-hydrogen) atoms. The Morgan fingerprint density at radius 2 is 2.04 bits per heavy atom. The predicted octanol–water partition coefficient (Wildman–Crippen LogP) is 2.26. The van der Waals surface area contributed by atoms with Gasteiger partial charge in [-0.15, -0.1) is 0 Å². The monoisotopic (exact) mass is 372 g/mol. The van der Waals surface area contributed by atoms with Gasteiger partial charge in [-0.3, -0.25) is 9.59 Å². The molecule has 1 unspecified atom stereocenters. The highest BCUT2D eigenvalue weighted by atomic mass is 32.1. The summed E-state index contributed by atoms with van der Waals surface area (Å²) in [7, 11) is 1.81. The lowest BCUT2D eigenvalue weighted by Gasteiger charge is -2.19. The maximum absolute atomic E-state index is 13.2. The molecule has 2 N–H and O–H groups in total. The van der Waals surface area contributed by atoms with Gasteiger partial charge in [-0.25, -0.2) is 9.37 Å². The number of aryl methyl sites for hydroxylation is 1. The van der Waals surface area contributed by atoms with Crippen LogP contribution in [-0.2, 0) is 11.8 Å². The van der Waals surface area contributed by atoms with Crippen LogP contribution in [0.25, 0.3) is 0 Å². The molecule has 0 spiro atoms. The molecule has 6 nitrogen and oxygen atoms in total. The third kappa shape index (κ3) is 4.15. The number of nitrogens with one attached hydrogen (secondary N) is 2. The molecule has 0 saturated heterocycles. The molecule has 0 aliphatic carbocycles. The number of aromatic nitrogens is 2. The minimum Gasteiger partial charge on any atom is -0.343 e. The van der Waals surface area contributed by atoms with Gasteiger partial charge < -0.3 is 15.2 Å². The number of rotatable bonds is 6. The van der Waals surface area contributed by atoms with Crippen molar-refractivity contribution in [2.24, 2.45) is 7.05 Å². The molecule has 134 valence electrons. The van der Waals surface area contributed by atoms with E-state index in [1.54, 1.807) is 45.9 Å². The third-order valence-electron chi connectivity index (χ3n) is 3.82. The molecular weight excluding hydrogens is 355 g/mol. The minimum absolute atomic E-state index is 0.170. The van der Waals surface area contributed by atoms with Crippen LogP contribution in [0.1, 0.15) is 27.8 Å². The standard InChI is InChI=1S/C18H17FN4O2S/c1-23-8-7-20-17(23)16(12-2-4-14(19)5-3-12)22-15(24)10-21-18(25)13-6-9-26-11-13/h2-9,11,16H,10H2,1H3,(H,21,25)(H,22,24). The Labute approximate surface area is 153 Å². The molecule has 0 aliphatic rings. The number of nitrogens with zero attached hydrogens (tertiary/aromatic N) is 2. The second-order valence-electron chi connectivity index (χ2n) is 5.64. The second kappa shape index (κ2) is 7.92. The van der Waals surface area contributed by atoms with Crippen LogP contribution in [0.5, 0.6) is 0 Å². The molecule has 2 aromatic heterocycles. The molecule has 2 amide bonds. The lowest BCUT2D eigenvalue weighted by Crippen LogP contribution is -2.39. The van der Waals surface area contributed by atoms with Gasteiger partial charge in [0.1, 0.15) is 17.7 Å². The van der Waals surface area contributed by atoms with E-state index < -0.39 is 6.04 Å². The number of hydrogen-bond acceptors (Lipinski definition) is 4. The van der Waals surface area contributed by atoms with Crippen LogP contribution in [0.15, 0.2) is 53.5 Å². The average Bonchev–Trinajstić information content (AvgIpc) is 3.30. The number of carbonyl (C=O) groups excluding carboxylic acids is 2. The number of imidazole rings is 1. The maximum atomic E-state index is 13.2. The molecule has 3 aromatic rings.